The lowest BCUT2D eigenvalue weighted by atomic mass is 10.1. The average molecular weight is 1370 g/mol. The summed E-state index contributed by atoms with van der Waals surface area (Å²) in [4.78, 5) is 0. The number of aromatic hydroxyl groups is 2. The fraction of sp³-hybridized carbons (Fsp3) is 0.200. The molecule has 2 unspecified atom stereocenters. The van der Waals surface area contributed by atoms with Crippen LogP contribution in [0.15, 0.2) is 54.6 Å². The van der Waals surface area contributed by atoms with Gasteiger partial charge in [0.25, 0.3) is 0 Å². The standard InChI is InChI=1S/C15H13I4NO2.C15H14I3NO2/c1-7(20)2-8-3-12(18)15(13(19)4-8)22-9-5-10(16)14(21)11(17)6-9;1-8(19)4-9-5-12(17)15(13(18)6-9)21-10-2-3-14(20)11(16)7-10/h3-7,21H,2,20H2,1H3;2-3,5-8,20H,4,19H2,1H3. The Morgan fingerprint density at radius 2 is 0.930 bits per heavy atom. The lowest BCUT2D eigenvalue weighted by molar-refractivity contribution is 0.455. The maximum absolute atomic E-state index is 9.84. The minimum atomic E-state index is 0.138. The molecule has 0 aliphatic rings. The van der Waals surface area contributed by atoms with Crippen LogP contribution >= 0.6 is 158 Å². The minimum absolute atomic E-state index is 0.138. The first-order chi connectivity index (χ1) is 20.1. The first-order valence-corrected chi connectivity index (χ1v) is 20.2. The summed E-state index contributed by atoms with van der Waals surface area (Å²) in [6.45, 7) is 4.01. The van der Waals surface area contributed by atoms with Gasteiger partial charge in [-0.25, -0.2) is 0 Å². The van der Waals surface area contributed by atoms with Crippen molar-refractivity contribution in [3.63, 3.8) is 0 Å². The lowest BCUT2D eigenvalue weighted by Gasteiger charge is -2.14. The summed E-state index contributed by atoms with van der Waals surface area (Å²) in [6, 6.07) is 17.6. The highest BCUT2D eigenvalue weighted by atomic mass is 127. The van der Waals surface area contributed by atoms with Crippen molar-refractivity contribution in [1.29, 1.82) is 0 Å². The van der Waals surface area contributed by atoms with Gasteiger partial charge in [-0.1, -0.05) is 0 Å². The van der Waals surface area contributed by atoms with E-state index in [-0.39, 0.29) is 17.8 Å². The van der Waals surface area contributed by atoms with Crippen molar-refractivity contribution in [3.8, 4) is 34.5 Å². The summed E-state index contributed by atoms with van der Waals surface area (Å²) >= 11 is 15.4. The van der Waals surface area contributed by atoms with Crippen molar-refractivity contribution >= 4 is 158 Å². The summed E-state index contributed by atoms with van der Waals surface area (Å²) in [7, 11) is 0. The Hall–Kier alpha value is 1.11. The molecule has 6 nitrogen and oxygen atoms in total. The molecule has 43 heavy (non-hydrogen) atoms. The molecule has 230 valence electrons. The second-order valence-corrected chi connectivity index (χ2v) is 17.8. The topological polar surface area (TPSA) is 111 Å². The molecule has 0 fully saturated rings. The molecule has 0 radical (unpaired) electrons. The first kappa shape index (κ1) is 38.6. The zero-order valence-electron chi connectivity index (χ0n) is 22.8. The highest BCUT2D eigenvalue weighted by molar-refractivity contribution is 14.1. The maximum Gasteiger partial charge on any atom is 0.154 e. The number of halogens is 7. The van der Waals surface area contributed by atoms with Gasteiger partial charge in [0.05, 0.1) is 25.0 Å². The second-order valence-electron chi connectivity index (χ2n) is 9.69. The summed E-state index contributed by atoms with van der Waals surface area (Å²) in [5.74, 6) is 3.68. The van der Waals surface area contributed by atoms with Crippen LogP contribution in [0.3, 0.4) is 0 Å². The number of hydrogen-bond donors (Lipinski definition) is 4. The molecule has 0 saturated carbocycles. The zero-order valence-corrected chi connectivity index (χ0v) is 37.9. The van der Waals surface area contributed by atoms with Crippen molar-refractivity contribution in [3.05, 3.63) is 90.7 Å². The summed E-state index contributed by atoms with van der Waals surface area (Å²) < 4.78 is 18.6. The van der Waals surface area contributed by atoms with E-state index in [1.54, 1.807) is 12.1 Å². The Morgan fingerprint density at radius 3 is 1.30 bits per heavy atom. The Balaban J connectivity index is 0.000000236. The minimum Gasteiger partial charge on any atom is -0.507 e. The largest absolute Gasteiger partial charge is 0.507 e. The summed E-state index contributed by atoms with van der Waals surface area (Å²) in [6.07, 6.45) is 1.70. The molecule has 2 atom stereocenters. The number of hydrogen-bond acceptors (Lipinski definition) is 6. The Labute approximate surface area is 347 Å². The normalized spacial score (nSPS) is 12.3. The predicted molar refractivity (Wildman–Crippen MR) is 233 cm³/mol. The molecule has 4 rings (SSSR count). The quantitative estimate of drug-likeness (QED) is 0.131. The van der Waals surface area contributed by atoms with E-state index in [1.165, 1.54) is 11.1 Å². The molecule has 4 aromatic carbocycles. The van der Waals surface area contributed by atoms with Gasteiger partial charge in [0, 0.05) is 12.1 Å². The fourth-order valence-electron chi connectivity index (χ4n) is 3.79. The van der Waals surface area contributed by atoms with Gasteiger partial charge in [0.15, 0.2) is 11.5 Å². The van der Waals surface area contributed by atoms with Crippen LogP contribution in [0.2, 0.25) is 0 Å². The molecule has 4 aromatic rings. The third kappa shape index (κ3) is 11.9. The molecular weight excluding hydrogens is 1340 g/mol. The van der Waals surface area contributed by atoms with Crippen molar-refractivity contribution in [1.82, 2.24) is 0 Å². The van der Waals surface area contributed by atoms with Crippen molar-refractivity contribution in [2.75, 3.05) is 0 Å². The highest BCUT2D eigenvalue weighted by Crippen LogP contribution is 2.37. The number of benzene rings is 4. The molecule has 13 heteroatoms. The van der Waals surface area contributed by atoms with Gasteiger partial charge < -0.3 is 31.2 Å². The average Bonchev–Trinajstić information content (AvgIpc) is 2.88. The predicted octanol–water partition coefficient (Wildman–Crippen LogP) is 10.4. The monoisotopic (exact) mass is 1370 g/mol. The van der Waals surface area contributed by atoms with Crippen LogP contribution in [-0.4, -0.2) is 22.3 Å². The van der Waals surface area contributed by atoms with Crippen LogP contribution in [-0.2, 0) is 12.8 Å². The summed E-state index contributed by atoms with van der Waals surface area (Å²) in [5.41, 5.74) is 14.2. The molecular formula is C30H27I7N2O4. The Morgan fingerprint density at radius 1 is 0.558 bits per heavy atom. The molecule has 0 aromatic heterocycles. The van der Waals surface area contributed by atoms with Gasteiger partial charge >= 0.3 is 0 Å². The molecule has 0 bridgehead atoms. The van der Waals surface area contributed by atoms with Gasteiger partial charge in [0.1, 0.15) is 23.0 Å². The number of phenols is 2. The van der Waals surface area contributed by atoms with E-state index in [0.717, 1.165) is 55.1 Å². The highest BCUT2D eigenvalue weighted by Gasteiger charge is 2.14. The van der Waals surface area contributed by atoms with E-state index < -0.39 is 0 Å². The number of phenolic OH excluding ortho intramolecular Hbond substituents is 2. The van der Waals surface area contributed by atoms with Crippen molar-refractivity contribution in [2.45, 2.75) is 38.8 Å². The molecule has 6 N–H and O–H groups in total. The molecule has 0 amide bonds. The SMILES string of the molecule is CC(N)Cc1cc(I)c(Oc2cc(I)c(O)c(I)c2)c(I)c1.CC(N)Cc1cc(I)c(Oc2ccc(O)c(I)c2)c(I)c1. The van der Waals surface area contributed by atoms with Crippen LogP contribution < -0.4 is 20.9 Å². The summed E-state index contributed by atoms with van der Waals surface area (Å²) in [5, 5.41) is 19.4. The van der Waals surface area contributed by atoms with Gasteiger partial charge in [-0.2, -0.15) is 0 Å². The number of ether oxygens (including phenoxy) is 2. The van der Waals surface area contributed by atoms with Gasteiger partial charge in [-0.05, 0) is 251 Å². The third-order valence-electron chi connectivity index (χ3n) is 5.58. The maximum atomic E-state index is 9.84. The molecule has 0 aliphatic heterocycles. The van der Waals surface area contributed by atoms with Crippen LogP contribution in [0.4, 0.5) is 0 Å². The van der Waals surface area contributed by atoms with Crippen LogP contribution in [0.25, 0.3) is 0 Å². The Bertz CT molecular complexity index is 1530. The van der Waals surface area contributed by atoms with Gasteiger partial charge in [-0.3, -0.25) is 0 Å². The fourth-order valence-corrected chi connectivity index (χ4v) is 10.2. The van der Waals surface area contributed by atoms with E-state index >= 15 is 0 Å². The van der Waals surface area contributed by atoms with Crippen LogP contribution in [0.1, 0.15) is 25.0 Å². The zero-order chi connectivity index (χ0) is 32.0. The molecule has 0 heterocycles. The number of nitrogens with two attached hydrogens (primary N) is 2. The molecule has 0 spiro atoms. The van der Waals surface area contributed by atoms with E-state index in [4.69, 9.17) is 20.9 Å². The molecule has 0 aliphatic carbocycles. The van der Waals surface area contributed by atoms with E-state index in [2.05, 4.69) is 182 Å². The smallest absolute Gasteiger partial charge is 0.154 e. The van der Waals surface area contributed by atoms with E-state index in [1.807, 2.05) is 32.0 Å². The van der Waals surface area contributed by atoms with Gasteiger partial charge in [-0.15, -0.1) is 0 Å². The first-order valence-electron chi connectivity index (χ1n) is 12.6. The third-order valence-corrected chi connectivity index (χ3v) is 11.3. The second kappa shape index (κ2) is 18.0. The van der Waals surface area contributed by atoms with Gasteiger partial charge in [0.2, 0.25) is 0 Å². The number of rotatable bonds is 8. The molecule has 0 saturated heterocycles. The lowest BCUT2D eigenvalue weighted by Crippen LogP contribution is -2.18. The van der Waals surface area contributed by atoms with Crippen LogP contribution in [0.5, 0.6) is 34.5 Å². The van der Waals surface area contributed by atoms with Crippen molar-refractivity contribution < 1.29 is 19.7 Å². The van der Waals surface area contributed by atoms with Crippen molar-refractivity contribution in [2.24, 2.45) is 11.5 Å². The van der Waals surface area contributed by atoms with Crippen LogP contribution in [0, 0.1) is 25.0 Å². The van der Waals surface area contributed by atoms with E-state index in [9.17, 15) is 10.2 Å². The Kier molecular flexibility index (Phi) is 16.2. The van der Waals surface area contributed by atoms with E-state index in [0.29, 0.717) is 11.5 Å².